The fourth-order valence-electron chi connectivity index (χ4n) is 3.49. The number of ether oxygens (including phenoxy) is 1. The first-order valence-electron chi connectivity index (χ1n) is 9.16. The number of rotatable bonds is 3. The highest BCUT2D eigenvalue weighted by molar-refractivity contribution is 6.30. The molecule has 4 rings (SSSR count). The maximum absolute atomic E-state index is 13.1. The first-order valence-corrected chi connectivity index (χ1v) is 9.54. The van der Waals surface area contributed by atoms with Crippen LogP contribution in [-0.4, -0.2) is 19.2 Å². The number of carbonyl (C=O) groups is 1. The summed E-state index contributed by atoms with van der Waals surface area (Å²) in [5.41, 5.74) is 5.26. The molecule has 0 atom stereocenters. The molecule has 144 valence electrons. The van der Waals surface area contributed by atoms with Gasteiger partial charge in [0.05, 0.1) is 11.6 Å². The van der Waals surface area contributed by atoms with Gasteiger partial charge in [0.15, 0.2) is 0 Å². The van der Waals surface area contributed by atoms with E-state index in [4.69, 9.17) is 16.3 Å². The molecule has 0 aromatic heterocycles. The lowest BCUT2D eigenvalue weighted by Gasteiger charge is -2.14. The largest absolute Gasteiger partial charge is 0.449 e. The second-order valence-corrected chi connectivity index (χ2v) is 7.02. The molecule has 1 N–H and O–H groups in total. The van der Waals surface area contributed by atoms with Gasteiger partial charge < -0.3 is 10.1 Å². The number of alkyl carbamates (subject to hydrolysis) is 1. The first-order chi connectivity index (χ1) is 14.1. The normalized spacial score (nSPS) is 11.8. The predicted molar refractivity (Wildman–Crippen MR) is 111 cm³/mol. The van der Waals surface area contributed by atoms with Crippen molar-refractivity contribution in [1.82, 2.24) is 5.32 Å². The molecule has 0 radical (unpaired) electrons. The standard InChI is InChI=1S/C24H17ClFNO2/c25-22-14-16(11-12-23(22)26)6-5-13-27-24(28)29-15-21-19-9-3-1-7-17(19)18-8-2-4-10-20(18)21/h1-4,7-12,14,21H,13,15H2,(H,27,28). The highest BCUT2D eigenvalue weighted by Crippen LogP contribution is 2.44. The number of carbonyl (C=O) groups excluding carboxylic acids is 1. The number of fused-ring (bicyclic) bond motifs is 3. The summed E-state index contributed by atoms with van der Waals surface area (Å²) in [7, 11) is 0. The van der Waals surface area contributed by atoms with Crippen molar-refractivity contribution in [2.75, 3.05) is 13.2 Å². The van der Waals surface area contributed by atoms with Gasteiger partial charge in [-0.25, -0.2) is 9.18 Å². The summed E-state index contributed by atoms with van der Waals surface area (Å²) in [6, 6.07) is 20.6. The van der Waals surface area contributed by atoms with Crippen LogP contribution in [0.2, 0.25) is 5.02 Å². The van der Waals surface area contributed by atoms with Gasteiger partial charge in [-0.3, -0.25) is 0 Å². The van der Waals surface area contributed by atoms with Gasteiger partial charge in [0.2, 0.25) is 0 Å². The van der Waals surface area contributed by atoms with E-state index in [1.807, 2.05) is 24.3 Å². The molecule has 0 unspecified atom stereocenters. The van der Waals surface area contributed by atoms with Crippen LogP contribution in [0.4, 0.5) is 9.18 Å². The second kappa shape index (κ2) is 8.38. The SMILES string of the molecule is O=C(NCC#Cc1ccc(F)c(Cl)c1)OCC1c2ccccc2-c2ccccc21. The summed E-state index contributed by atoms with van der Waals surface area (Å²) in [4.78, 5) is 12.1. The molecule has 29 heavy (non-hydrogen) atoms. The van der Waals surface area contributed by atoms with Gasteiger partial charge in [-0.15, -0.1) is 0 Å². The van der Waals surface area contributed by atoms with E-state index in [1.54, 1.807) is 0 Å². The third-order valence-electron chi connectivity index (χ3n) is 4.82. The van der Waals surface area contributed by atoms with Crippen LogP contribution in [-0.2, 0) is 4.74 Å². The van der Waals surface area contributed by atoms with E-state index in [9.17, 15) is 9.18 Å². The van der Waals surface area contributed by atoms with Gasteiger partial charge >= 0.3 is 6.09 Å². The quantitative estimate of drug-likeness (QED) is 0.595. The van der Waals surface area contributed by atoms with Crippen molar-refractivity contribution in [3.05, 3.63) is 94.3 Å². The number of nitrogens with one attached hydrogen (secondary N) is 1. The summed E-state index contributed by atoms with van der Waals surface area (Å²) in [5.74, 6) is 5.14. The molecule has 0 saturated heterocycles. The fourth-order valence-corrected chi connectivity index (χ4v) is 3.67. The molecule has 0 bridgehead atoms. The summed E-state index contributed by atoms with van der Waals surface area (Å²) >= 11 is 5.72. The minimum Gasteiger partial charge on any atom is -0.449 e. The van der Waals surface area contributed by atoms with E-state index in [2.05, 4.69) is 41.4 Å². The lowest BCUT2D eigenvalue weighted by molar-refractivity contribution is 0.144. The van der Waals surface area contributed by atoms with Crippen LogP contribution in [0.25, 0.3) is 11.1 Å². The molecule has 1 aliphatic rings. The van der Waals surface area contributed by atoms with Gasteiger partial charge in [0.1, 0.15) is 12.4 Å². The highest BCUT2D eigenvalue weighted by Gasteiger charge is 2.28. The maximum atomic E-state index is 13.1. The fraction of sp³-hybridized carbons (Fsp3) is 0.125. The van der Waals surface area contributed by atoms with Crippen molar-refractivity contribution < 1.29 is 13.9 Å². The molecule has 1 aliphatic carbocycles. The number of hydrogen-bond donors (Lipinski definition) is 1. The minimum atomic E-state index is -0.529. The molecule has 0 heterocycles. The van der Waals surface area contributed by atoms with Gasteiger partial charge in [-0.2, -0.15) is 0 Å². The smallest absolute Gasteiger partial charge is 0.407 e. The van der Waals surface area contributed by atoms with Crippen LogP contribution in [0, 0.1) is 17.7 Å². The Morgan fingerprint density at radius 2 is 1.69 bits per heavy atom. The molecule has 0 spiro atoms. The molecule has 0 aliphatic heterocycles. The Hall–Kier alpha value is -3.29. The van der Waals surface area contributed by atoms with Gasteiger partial charge in [0.25, 0.3) is 0 Å². The summed E-state index contributed by atoms with van der Waals surface area (Å²) in [6.07, 6.45) is -0.529. The van der Waals surface area contributed by atoms with Crippen molar-refractivity contribution in [3.8, 4) is 23.0 Å². The van der Waals surface area contributed by atoms with Crippen LogP contribution >= 0.6 is 11.6 Å². The van der Waals surface area contributed by atoms with Crippen molar-refractivity contribution in [3.63, 3.8) is 0 Å². The van der Waals surface area contributed by atoms with E-state index < -0.39 is 11.9 Å². The lowest BCUT2D eigenvalue weighted by Crippen LogP contribution is -2.26. The van der Waals surface area contributed by atoms with Crippen LogP contribution in [0.15, 0.2) is 66.7 Å². The molecule has 3 aromatic rings. The molecule has 1 amide bonds. The molecule has 3 nitrogen and oxygen atoms in total. The second-order valence-electron chi connectivity index (χ2n) is 6.61. The molecular weight excluding hydrogens is 389 g/mol. The number of benzene rings is 3. The van der Waals surface area contributed by atoms with Crippen molar-refractivity contribution in [2.24, 2.45) is 0 Å². The number of amides is 1. The van der Waals surface area contributed by atoms with Crippen molar-refractivity contribution >= 4 is 17.7 Å². The highest BCUT2D eigenvalue weighted by atomic mass is 35.5. The zero-order valence-electron chi connectivity index (χ0n) is 15.4. The number of hydrogen-bond acceptors (Lipinski definition) is 2. The average Bonchev–Trinajstić information content (AvgIpc) is 3.06. The lowest BCUT2D eigenvalue weighted by atomic mass is 9.98. The van der Waals surface area contributed by atoms with E-state index in [0.29, 0.717) is 5.56 Å². The van der Waals surface area contributed by atoms with Crippen LogP contribution < -0.4 is 5.32 Å². The summed E-state index contributed by atoms with van der Waals surface area (Å²) < 4.78 is 18.6. The Bertz CT molecular complexity index is 1090. The molecule has 0 fully saturated rings. The Labute approximate surface area is 173 Å². The molecular formula is C24H17ClFNO2. The van der Waals surface area contributed by atoms with Crippen molar-refractivity contribution in [2.45, 2.75) is 5.92 Å². The summed E-state index contributed by atoms with van der Waals surface area (Å²) in [6.45, 7) is 0.368. The van der Waals surface area contributed by atoms with Crippen LogP contribution in [0.5, 0.6) is 0 Å². The molecule has 5 heteroatoms. The van der Waals surface area contributed by atoms with E-state index >= 15 is 0 Å². The van der Waals surface area contributed by atoms with E-state index in [0.717, 1.165) is 11.1 Å². The van der Waals surface area contributed by atoms with Gasteiger partial charge in [-0.05, 0) is 40.5 Å². The Balaban J connectivity index is 1.35. The summed E-state index contributed by atoms with van der Waals surface area (Å²) in [5, 5.41) is 2.62. The van der Waals surface area contributed by atoms with E-state index in [-0.39, 0.29) is 24.1 Å². The monoisotopic (exact) mass is 405 g/mol. The average molecular weight is 406 g/mol. The zero-order valence-corrected chi connectivity index (χ0v) is 16.2. The van der Waals surface area contributed by atoms with Crippen LogP contribution in [0.3, 0.4) is 0 Å². The third-order valence-corrected chi connectivity index (χ3v) is 5.11. The zero-order chi connectivity index (χ0) is 20.2. The number of halogens is 2. The Morgan fingerprint density at radius 1 is 1.03 bits per heavy atom. The van der Waals surface area contributed by atoms with Crippen LogP contribution in [0.1, 0.15) is 22.6 Å². The Morgan fingerprint density at radius 3 is 2.34 bits per heavy atom. The molecule has 3 aromatic carbocycles. The van der Waals surface area contributed by atoms with Crippen molar-refractivity contribution in [1.29, 1.82) is 0 Å². The van der Waals surface area contributed by atoms with E-state index in [1.165, 1.54) is 29.3 Å². The Kier molecular flexibility index (Phi) is 5.50. The van der Waals surface area contributed by atoms with Gasteiger partial charge in [-0.1, -0.05) is 72.0 Å². The minimum absolute atomic E-state index is 0.0144. The first kappa shape index (κ1) is 19.0. The maximum Gasteiger partial charge on any atom is 0.407 e. The molecule has 0 saturated carbocycles. The predicted octanol–water partition coefficient (Wildman–Crippen LogP) is 5.37. The third kappa shape index (κ3) is 4.11. The topological polar surface area (TPSA) is 38.3 Å². The van der Waals surface area contributed by atoms with Gasteiger partial charge in [0, 0.05) is 11.5 Å².